The fourth-order valence-electron chi connectivity index (χ4n) is 4.10. The number of carboxylic acids is 1. The fourth-order valence-corrected chi connectivity index (χ4v) is 4.10. The Labute approximate surface area is 160 Å². The minimum atomic E-state index is -0.992. The highest BCUT2D eigenvalue weighted by molar-refractivity contribution is 5.91. The summed E-state index contributed by atoms with van der Waals surface area (Å²) in [5.41, 5.74) is 2.60. The average Bonchev–Trinajstić information content (AvgIpc) is 2.67. The van der Waals surface area contributed by atoms with Crippen LogP contribution in [0.1, 0.15) is 80.0 Å². The van der Waals surface area contributed by atoms with Crippen LogP contribution in [-0.2, 0) is 6.42 Å². The lowest BCUT2D eigenvalue weighted by molar-refractivity contribution is 0.0695. The minimum Gasteiger partial charge on any atom is -0.478 e. The molecule has 1 aliphatic rings. The van der Waals surface area contributed by atoms with Gasteiger partial charge in [-0.2, -0.15) is 0 Å². The van der Waals surface area contributed by atoms with Crippen LogP contribution in [0.25, 0.3) is 11.1 Å². The van der Waals surface area contributed by atoms with Crippen molar-refractivity contribution in [3.8, 4) is 11.1 Å². The lowest BCUT2D eigenvalue weighted by Gasteiger charge is -2.22. The molecule has 1 heterocycles. The number of hydrogen-bond acceptors (Lipinski definition) is 2. The highest BCUT2D eigenvalue weighted by atomic mass is 19.1. The Kier molecular flexibility index (Phi) is 6.25. The maximum absolute atomic E-state index is 14.4. The number of carbonyl (C=O) groups is 1. The average molecular weight is 369 g/mol. The summed E-state index contributed by atoms with van der Waals surface area (Å²) in [7, 11) is 0. The summed E-state index contributed by atoms with van der Waals surface area (Å²) in [5.74, 6) is -0.603. The number of aryl methyl sites for hydroxylation is 1. The Morgan fingerprint density at radius 2 is 1.89 bits per heavy atom. The first-order valence-electron chi connectivity index (χ1n) is 9.99. The largest absolute Gasteiger partial charge is 0.478 e. The van der Waals surface area contributed by atoms with Crippen LogP contribution < -0.4 is 0 Å². The normalized spacial score (nSPS) is 15.3. The van der Waals surface area contributed by atoms with Gasteiger partial charge in [-0.1, -0.05) is 64.2 Å². The predicted octanol–water partition coefficient (Wildman–Crippen LogP) is 6.22. The van der Waals surface area contributed by atoms with Crippen LogP contribution >= 0.6 is 0 Å². The molecule has 1 N–H and O–H groups in total. The zero-order valence-electron chi connectivity index (χ0n) is 16.2. The molecule has 0 unspecified atom stereocenters. The van der Waals surface area contributed by atoms with E-state index in [4.69, 9.17) is 4.98 Å². The van der Waals surface area contributed by atoms with E-state index < -0.39 is 5.97 Å². The Hall–Kier alpha value is -2.23. The van der Waals surface area contributed by atoms with Gasteiger partial charge in [-0.25, -0.2) is 9.18 Å². The Bertz CT molecular complexity index is 810. The summed E-state index contributed by atoms with van der Waals surface area (Å²) in [5, 5.41) is 9.74. The van der Waals surface area contributed by atoms with Gasteiger partial charge in [-0.15, -0.1) is 0 Å². The molecule has 144 valence electrons. The van der Waals surface area contributed by atoms with Gasteiger partial charge in [0.2, 0.25) is 0 Å². The maximum atomic E-state index is 14.4. The summed E-state index contributed by atoms with van der Waals surface area (Å²) in [6, 6.07) is 8.11. The van der Waals surface area contributed by atoms with E-state index in [1.165, 1.54) is 38.2 Å². The quantitative estimate of drug-likeness (QED) is 0.657. The molecule has 1 aromatic heterocycles. The first kappa shape index (κ1) is 19.5. The molecule has 3 rings (SSSR count). The number of aromatic nitrogens is 1. The van der Waals surface area contributed by atoms with Gasteiger partial charge in [-0.3, -0.25) is 4.98 Å². The van der Waals surface area contributed by atoms with E-state index in [1.54, 1.807) is 24.3 Å². The van der Waals surface area contributed by atoms with Crippen molar-refractivity contribution in [3.63, 3.8) is 0 Å². The van der Waals surface area contributed by atoms with Crippen LogP contribution in [0.4, 0.5) is 4.39 Å². The molecule has 0 aliphatic heterocycles. The number of rotatable bonds is 6. The van der Waals surface area contributed by atoms with E-state index in [0.717, 1.165) is 12.1 Å². The third-order valence-corrected chi connectivity index (χ3v) is 5.59. The molecule has 0 atom stereocenters. The zero-order valence-corrected chi connectivity index (χ0v) is 16.2. The molecular formula is C23H28FNO2. The maximum Gasteiger partial charge on any atom is 0.337 e. The van der Waals surface area contributed by atoms with Crippen molar-refractivity contribution in [1.29, 1.82) is 0 Å². The Morgan fingerprint density at radius 3 is 2.52 bits per heavy atom. The number of hydrogen-bond donors (Lipinski definition) is 1. The van der Waals surface area contributed by atoms with Crippen molar-refractivity contribution in [2.24, 2.45) is 5.92 Å². The SMILES string of the molecule is CC(C)c1nc(CCC2CCCCC2)c(C(=O)O)cc1-c1ccccc1F. The summed E-state index contributed by atoms with van der Waals surface area (Å²) in [6.07, 6.45) is 7.96. The minimum absolute atomic E-state index is 0.0795. The van der Waals surface area contributed by atoms with Crippen molar-refractivity contribution in [2.45, 2.75) is 64.7 Å². The van der Waals surface area contributed by atoms with E-state index in [9.17, 15) is 14.3 Å². The number of aromatic carboxylic acids is 1. The highest BCUT2D eigenvalue weighted by Crippen LogP contribution is 2.33. The number of halogens is 1. The van der Waals surface area contributed by atoms with Crippen molar-refractivity contribution < 1.29 is 14.3 Å². The summed E-state index contributed by atoms with van der Waals surface area (Å²) in [4.78, 5) is 16.6. The van der Waals surface area contributed by atoms with E-state index in [1.807, 2.05) is 13.8 Å². The van der Waals surface area contributed by atoms with E-state index in [-0.39, 0.29) is 17.3 Å². The van der Waals surface area contributed by atoms with Gasteiger partial charge in [0.1, 0.15) is 5.82 Å². The van der Waals surface area contributed by atoms with Gasteiger partial charge < -0.3 is 5.11 Å². The molecular weight excluding hydrogens is 341 g/mol. The van der Waals surface area contributed by atoms with Crippen molar-refractivity contribution in [3.05, 3.63) is 53.1 Å². The van der Waals surface area contributed by atoms with Gasteiger partial charge in [0.05, 0.1) is 17.0 Å². The fraction of sp³-hybridized carbons (Fsp3) is 0.478. The van der Waals surface area contributed by atoms with Gasteiger partial charge in [0.15, 0.2) is 0 Å². The standard InChI is InChI=1S/C23H28FNO2/c1-15(2)22-18(17-10-6-7-11-20(17)24)14-19(23(26)27)21(25-22)13-12-16-8-4-3-5-9-16/h6-7,10-11,14-16H,3-5,8-9,12-13H2,1-2H3,(H,26,27). The number of benzene rings is 1. The monoisotopic (exact) mass is 369 g/mol. The van der Waals surface area contributed by atoms with Crippen LogP contribution in [0.3, 0.4) is 0 Å². The zero-order chi connectivity index (χ0) is 19.4. The second-order valence-electron chi connectivity index (χ2n) is 7.90. The highest BCUT2D eigenvalue weighted by Gasteiger charge is 2.22. The molecule has 0 bridgehead atoms. The summed E-state index contributed by atoms with van der Waals surface area (Å²) in [6.45, 7) is 4.02. The molecule has 1 aliphatic carbocycles. The lowest BCUT2D eigenvalue weighted by Crippen LogP contribution is -2.13. The molecule has 1 fully saturated rings. The lowest BCUT2D eigenvalue weighted by atomic mass is 9.85. The second kappa shape index (κ2) is 8.64. The number of nitrogens with zero attached hydrogens (tertiary/aromatic N) is 1. The predicted molar refractivity (Wildman–Crippen MR) is 106 cm³/mol. The molecule has 3 nitrogen and oxygen atoms in total. The van der Waals surface area contributed by atoms with Crippen LogP contribution in [0.15, 0.2) is 30.3 Å². The van der Waals surface area contributed by atoms with Gasteiger partial charge >= 0.3 is 5.97 Å². The second-order valence-corrected chi connectivity index (χ2v) is 7.90. The number of pyridine rings is 1. The molecule has 0 radical (unpaired) electrons. The van der Waals surface area contributed by atoms with Crippen molar-refractivity contribution in [1.82, 2.24) is 4.98 Å². The molecule has 0 spiro atoms. The number of carboxylic acid groups (broad SMARTS) is 1. The molecule has 0 amide bonds. The van der Waals surface area contributed by atoms with Crippen LogP contribution in [-0.4, -0.2) is 16.1 Å². The molecule has 1 saturated carbocycles. The smallest absolute Gasteiger partial charge is 0.337 e. The topological polar surface area (TPSA) is 50.2 Å². The van der Waals surface area contributed by atoms with Crippen LogP contribution in [0, 0.1) is 11.7 Å². The first-order valence-corrected chi connectivity index (χ1v) is 9.99. The van der Waals surface area contributed by atoms with Crippen LogP contribution in [0.2, 0.25) is 0 Å². The van der Waals surface area contributed by atoms with E-state index in [2.05, 4.69) is 0 Å². The molecule has 1 aromatic carbocycles. The Balaban J connectivity index is 1.99. The molecule has 0 saturated heterocycles. The molecule has 4 heteroatoms. The Morgan fingerprint density at radius 1 is 1.19 bits per heavy atom. The van der Waals surface area contributed by atoms with Crippen molar-refractivity contribution >= 4 is 5.97 Å². The third kappa shape index (κ3) is 4.55. The molecule has 27 heavy (non-hydrogen) atoms. The first-order chi connectivity index (χ1) is 13.0. The summed E-state index contributed by atoms with van der Waals surface area (Å²) >= 11 is 0. The van der Waals surface area contributed by atoms with E-state index in [0.29, 0.717) is 29.2 Å². The summed E-state index contributed by atoms with van der Waals surface area (Å²) < 4.78 is 14.4. The molecule has 2 aromatic rings. The van der Waals surface area contributed by atoms with Crippen LogP contribution in [0.5, 0.6) is 0 Å². The van der Waals surface area contributed by atoms with Crippen molar-refractivity contribution in [2.75, 3.05) is 0 Å². The van der Waals surface area contributed by atoms with E-state index >= 15 is 0 Å². The van der Waals surface area contributed by atoms with Gasteiger partial charge in [-0.05, 0) is 36.8 Å². The third-order valence-electron chi connectivity index (χ3n) is 5.59. The van der Waals surface area contributed by atoms with Gasteiger partial charge in [0.25, 0.3) is 0 Å². The van der Waals surface area contributed by atoms with Gasteiger partial charge in [0, 0.05) is 11.1 Å².